The van der Waals surface area contributed by atoms with Gasteiger partial charge in [0.1, 0.15) is 0 Å². The second-order valence-corrected chi connectivity index (χ2v) is 4.39. The summed E-state index contributed by atoms with van der Waals surface area (Å²) >= 11 is 0. The molecule has 0 fully saturated rings. The van der Waals surface area contributed by atoms with Crippen LogP contribution in [0.2, 0.25) is 0 Å². The highest BCUT2D eigenvalue weighted by molar-refractivity contribution is 5.31. The minimum atomic E-state index is -0.711. The number of hydrogen-bond acceptors (Lipinski definition) is 2. The number of hydrogen-bond donors (Lipinski definition) is 1. The van der Waals surface area contributed by atoms with Crippen LogP contribution in [-0.4, -0.2) is 18.3 Å². The lowest BCUT2D eigenvalue weighted by atomic mass is 10.1. The van der Waals surface area contributed by atoms with Crippen LogP contribution in [0, 0.1) is 17.6 Å². The molecule has 0 bridgehead atoms. The van der Waals surface area contributed by atoms with Crippen LogP contribution in [-0.2, 0) is 6.42 Å². The van der Waals surface area contributed by atoms with Gasteiger partial charge < -0.3 is 9.84 Å². The highest BCUT2D eigenvalue weighted by Gasteiger charge is 2.12. The first kappa shape index (κ1) is 13.9. The van der Waals surface area contributed by atoms with Gasteiger partial charge in [-0.15, -0.1) is 0 Å². The third kappa shape index (κ3) is 4.30. The Kier molecular flexibility index (Phi) is 5.35. The first-order chi connectivity index (χ1) is 8.04. The molecule has 0 heterocycles. The summed E-state index contributed by atoms with van der Waals surface area (Å²) in [6.45, 7) is 4.19. The van der Waals surface area contributed by atoms with Crippen LogP contribution >= 0.6 is 0 Å². The van der Waals surface area contributed by atoms with Gasteiger partial charge in [-0.05, 0) is 36.5 Å². The Morgan fingerprint density at radius 1 is 1.24 bits per heavy atom. The van der Waals surface area contributed by atoms with E-state index in [1.807, 2.05) is 13.8 Å². The first-order valence-corrected chi connectivity index (χ1v) is 5.76. The minimum absolute atomic E-state index is 0.133. The smallest absolute Gasteiger partial charge is 0.190 e. The van der Waals surface area contributed by atoms with Crippen molar-refractivity contribution in [3.63, 3.8) is 0 Å². The van der Waals surface area contributed by atoms with E-state index >= 15 is 0 Å². The van der Waals surface area contributed by atoms with Crippen LogP contribution in [0.1, 0.15) is 25.8 Å². The fraction of sp³-hybridized carbons (Fsp3) is 0.538. The average molecular weight is 244 g/mol. The molecule has 0 saturated heterocycles. The van der Waals surface area contributed by atoms with Gasteiger partial charge in [-0.3, -0.25) is 0 Å². The monoisotopic (exact) mass is 244 g/mol. The lowest BCUT2D eigenvalue weighted by Crippen LogP contribution is -2.05. The van der Waals surface area contributed by atoms with Crippen LogP contribution in [0.15, 0.2) is 12.1 Å². The molecule has 1 N–H and O–H groups in total. The molecule has 17 heavy (non-hydrogen) atoms. The van der Waals surface area contributed by atoms with E-state index in [1.54, 1.807) is 0 Å². The van der Waals surface area contributed by atoms with Crippen LogP contribution in [0.5, 0.6) is 5.75 Å². The summed E-state index contributed by atoms with van der Waals surface area (Å²) in [5.41, 5.74) is 0.429. The molecule has 0 aromatic heterocycles. The molecule has 0 aliphatic rings. The summed E-state index contributed by atoms with van der Waals surface area (Å²) in [7, 11) is 0. The zero-order valence-electron chi connectivity index (χ0n) is 10.2. The lowest BCUT2D eigenvalue weighted by molar-refractivity contribution is 0.262. The molecule has 2 nitrogen and oxygen atoms in total. The topological polar surface area (TPSA) is 29.5 Å². The predicted molar refractivity (Wildman–Crippen MR) is 62.1 cm³/mol. The molecule has 0 amide bonds. The molecule has 0 spiro atoms. The summed E-state index contributed by atoms with van der Waals surface area (Å²) in [4.78, 5) is 0. The molecule has 1 rings (SSSR count). The molecule has 1 aromatic rings. The third-order valence-corrected chi connectivity index (χ3v) is 2.40. The van der Waals surface area contributed by atoms with Crippen molar-refractivity contribution in [2.24, 2.45) is 5.92 Å². The van der Waals surface area contributed by atoms with Gasteiger partial charge >= 0.3 is 0 Å². The van der Waals surface area contributed by atoms with Crippen molar-refractivity contribution < 1.29 is 18.6 Å². The summed E-state index contributed by atoms with van der Waals surface area (Å²) < 4.78 is 32.1. The fourth-order valence-electron chi connectivity index (χ4n) is 1.42. The number of ether oxygens (including phenoxy) is 1. The second-order valence-electron chi connectivity index (χ2n) is 4.39. The predicted octanol–water partition coefficient (Wildman–Crippen LogP) is 2.92. The fourth-order valence-corrected chi connectivity index (χ4v) is 1.42. The largest absolute Gasteiger partial charge is 0.488 e. The third-order valence-electron chi connectivity index (χ3n) is 2.40. The molecule has 0 atom stereocenters. The molecular formula is C13H18F2O2. The van der Waals surface area contributed by atoms with Gasteiger partial charge in [-0.25, -0.2) is 8.78 Å². The molecular weight excluding hydrogens is 226 g/mol. The molecule has 4 heteroatoms. The number of benzene rings is 1. The highest BCUT2D eigenvalue weighted by Crippen LogP contribution is 2.24. The zero-order valence-corrected chi connectivity index (χ0v) is 10.2. The maximum absolute atomic E-state index is 13.5. The standard InChI is InChI=1S/C13H18F2O2/c1-9(2)4-6-17-13-11(14)7-10(3-5-16)8-12(13)15/h7-9,16H,3-6H2,1-2H3. The van der Waals surface area contributed by atoms with Crippen molar-refractivity contribution in [1.82, 2.24) is 0 Å². The van der Waals surface area contributed by atoms with E-state index in [0.717, 1.165) is 6.42 Å². The van der Waals surface area contributed by atoms with Crippen molar-refractivity contribution >= 4 is 0 Å². The lowest BCUT2D eigenvalue weighted by Gasteiger charge is -2.11. The average Bonchev–Trinajstić information content (AvgIpc) is 2.22. The number of halogens is 2. The molecule has 0 saturated carbocycles. The van der Waals surface area contributed by atoms with Gasteiger partial charge in [0.2, 0.25) is 0 Å². The first-order valence-electron chi connectivity index (χ1n) is 5.76. The molecule has 96 valence electrons. The summed E-state index contributed by atoms with van der Waals surface area (Å²) in [6, 6.07) is 2.40. The number of aliphatic hydroxyl groups excluding tert-OH is 1. The van der Waals surface area contributed by atoms with Gasteiger partial charge in [0.25, 0.3) is 0 Å². The van der Waals surface area contributed by atoms with E-state index in [2.05, 4.69) is 0 Å². The maximum Gasteiger partial charge on any atom is 0.190 e. The summed E-state index contributed by atoms with van der Waals surface area (Å²) in [5, 5.41) is 8.70. The highest BCUT2D eigenvalue weighted by atomic mass is 19.1. The summed E-state index contributed by atoms with van der Waals surface area (Å²) in [6.07, 6.45) is 0.984. The van der Waals surface area contributed by atoms with Gasteiger partial charge in [0.15, 0.2) is 17.4 Å². The van der Waals surface area contributed by atoms with Crippen LogP contribution in [0.25, 0.3) is 0 Å². The maximum atomic E-state index is 13.5. The zero-order chi connectivity index (χ0) is 12.8. The van der Waals surface area contributed by atoms with Crippen molar-refractivity contribution in [2.75, 3.05) is 13.2 Å². The van der Waals surface area contributed by atoms with E-state index < -0.39 is 11.6 Å². The second kappa shape index (κ2) is 6.55. The SMILES string of the molecule is CC(C)CCOc1c(F)cc(CCO)cc1F. The van der Waals surface area contributed by atoms with E-state index in [4.69, 9.17) is 9.84 Å². The van der Waals surface area contributed by atoms with Crippen LogP contribution in [0.3, 0.4) is 0 Å². The Balaban J connectivity index is 2.72. The Morgan fingerprint density at radius 3 is 2.29 bits per heavy atom. The van der Waals surface area contributed by atoms with Crippen molar-refractivity contribution in [3.8, 4) is 5.75 Å². The van der Waals surface area contributed by atoms with Crippen LogP contribution in [0.4, 0.5) is 8.78 Å². The van der Waals surface area contributed by atoms with E-state index in [0.29, 0.717) is 18.1 Å². The molecule has 0 aliphatic heterocycles. The van der Waals surface area contributed by atoms with Crippen molar-refractivity contribution in [1.29, 1.82) is 0 Å². The number of aliphatic hydroxyl groups is 1. The Bertz CT molecular complexity index is 341. The van der Waals surface area contributed by atoms with E-state index in [1.165, 1.54) is 12.1 Å². The Hall–Kier alpha value is -1.16. The molecule has 0 unspecified atom stereocenters. The van der Waals surface area contributed by atoms with E-state index in [9.17, 15) is 8.78 Å². The normalized spacial score (nSPS) is 10.9. The van der Waals surface area contributed by atoms with Crippen LogP contribution < -0.4 is 4.74 Å². The number of rotatable bonds is 6. The molecule has 1 aromatic carbocycles. The van der Waals surface area contributed by atoms with Gasteiger partial charge in [0, 0.05) is 6.61 Å². The van der Waals surface area contributed by atoms with Gasteiger partial charge in [-0.1, -0.05) is 13.8 Å². The van der Waals surface area contributed by atoms with E-state index in [-0.39, 0.29) is 18.8 Å². The van der Waals surface area contributed by atoms with Gasteiger partial charge in [0.05, 0.1) is 6.61 Å². The minimum Gasteiger partial charge on any atom is -0.488 e. The quantitative estimate of drug-likeness (QED) is 0.833. The Labute approximate surface area is 100 Å². The van der Waals surface area contributed by atoms with Gasteiger partial charge in [-0.2, -0.15) is 0 Å². The Morgan fingerprint density at radius 2 is 1.82 bits per heavy atom. The summed E-state index contributed by atoms with van der Waals surface area (Å²) in [5.74, 6) is -1.32. The molecule has 0 radical (unpaired) electrons. The van der Waals surface area contributed by atoms with Crippen molar-refractivity contribution in [3.05, 3.63) is 29.3 Å². The van der Waals surface area contributed by atoms with Crippen molar-refractivity contribution in [2.45, 2.75) is 26.7 Å². The molecule has 0 aliphatic carbocycles.